The van der Waals surface area contributed by atoms with Crippen molar-refractivity contribution in [3.05, 3.63) is 24.3 Å². The van der Waals surface area contributed by atoms with Crippen LogP contribution in [0, 0.1) is 0 Å². The van der Waals surface area contributed by atoms with Gasteiger partial charge >= 0.3 is 12.6 Å². The molecule has 1 aromatic rings. The van der Waals surface area contributed by atoms with Gasteiger partial charge in [-0.15, -0.1) is 0 Å². The summed E-state index contributed by atoms with van der Waals surface area (Å²) in [7, 11) is 1.47. The minimum absolute atomic E-state index is 0.113. The molecule has 0 aliphatic heterocycles. The largest absolute Gasteiger partial charge is 0.433 e. The van der Waals surface area contributed by atoms with Crippen LogP contribution in [0.15, 0.2) is 24.3 Å². The number of carbonyl (C=O) groups is 1. The lowest BCUT2D eigenvalue weighted by Crippen LogP contribution is -2.33. The van der Waals surface area contributed by atoms with Gasteiger partial charge in [-0.3, -0.25) is 0 Å². The monoisotopic (exact) mass is 260 g/mol. The predicted octanol–water partition coefficient (Wildman–Crippen LogP) is 1.74. The van der Waals surface area contributed by atoms with Gasteiger partial charge in [0.2, 0.25) is 0 Å². The second-order valence-electron chi connectivity index (χ2n) is 3.45. The van der Waals surface area contributed by atoms with Crippen molar-refractivity contribution in [2.24, 2.45) is 0 Å². The van der Waals surface area contributed by atoms with Gasteiger partial charge in [0.05, 0.1) is 12.3 Å². The molecule has 0 saturated carbocycles. The molecule has 0 radical (unpaired) electrons. The van der Waals surface area contributed by atoms with Crippen LogP contribution < -0.4 is 10.1 Å². The first-order valence-corrected chi connectivity index (χ1v) is 5.21. The Morgan fingerprint density at radius 1 is 1.50 bits per heavy atom. The number of amides is 2. The molecule has 5 nitrogen and oxygen atoms in total. The highest BCUT2D eigenvalue weighted by Crippen LogP contribution is 2.25. The number of anilines is 1. The Morgan fingerprint density at radius 3 is 2.78 bits per heavy atom. The number of halogens is 2. The highest BCUT2D eigenvalue weighted by molar-refractivity contribution is 5.90. The van der Waals surface area contributed by atoms with Crippen LogP contribution in [0.4, 0.5) is 19.3 Å². The summed E-state index contributed by atoms with van der Waals surface area (Å²) in [5.41, 5.74) is 0.146. The molecule has 0 saturated heterocycles. The maximum absolute atomic E-state index is 12.1. The van der Waals surface area contributed by atoms with Gasteiger partial charge in [-0.05, 0) is 12.1 Å². The molecule has 0 aliphatic carbocycles. The third-order valence-electron chi connectivity index (χ3n) is 2.13. The van der Waals surface area contributed by atoms with Crippen molar-refractivity contribution in [2.75, 3.05) is 25.5 Å². The quantitative estimate of drug-likeness (QED) is 0.847. The van der Waals surface area contributed by atoms with Gasteiger partial charge in [0.25, 0.3) is 0 Å². The molecule has 0 spiro atoms. The van der Waals surface area contributed by atoms with Crippen molar-refractivity contribution in [1.29, 1.82) is 0 Å². The molecule has 0 atom stereocenters. The van der Waals surface area contributed by atoms with E-state index in [2.05, 4.69) is 10.1 Å². The van der Waals surface area contributed by atoms with E-state index in [1.165, 1.54) is 30.1 Å². The number of nitrogens with zero attached hydrogens (tertiary/aromatic N) is 1. The van der Waals surface area contributed by atoms with Crippen molar-refractivity contribution in [3.8, 4) is 5.75 Å². The minimum atomic E-state index is -2.96. The number of rotatable bonds is 5. The van der Waals surface area contributed by atoms with E-state index in [1.54, 1.807) is 6.07 Å². The fraction of sp³-hybridized carbons (Fsp3) is 0.364. The Morgan fingerprint density at radius 2 is 2.17 bits per heavy atom. The van der Waals surface area contributed by atoms with Crippen LogP contribution in [-0.4, -0.2) is 42.8 Å². The lowest BCUT2D eigenvalue weighted by atomic mass is 10.3. The van der Waals surface area contributed by atoms with Crippen molar-refractivity contribution >= 4 is 11.7 Å². The molecule has 1 rings (SSSR count). The van der Waals surface area contributed by atoms with E-state index in [-0.39, 0.29) is 24.6 Å². The molecule has 18 heavy (non-hydrogen) atoms. The summed E-state index contributed by atoms with van der Waals surface area (Å²) in [6.07, 6.45) is 0. The zero-order valence-electron chi connectivity index (χ0n) is 9.77. The van der Waals surface area contributed by atoms with Crippen LogP contribution in [0.25, 0.3) is 0 Å². The van der Waals surface area contributed by atoms with E-state index < -0.39 is 12.6 Å². The Hall–Kier alpha value is -1.89. The lowest BCUT2D eigenvalue weighted by molar-refractivity contribution is -0.0493. The third kappa shape index (κ3) is 4.17. The van der Waals surface area contributed by atoms with E-state index >= 15 is 0 Å². The number of hydrogen-bond acceptors (Lipinski definition) is 3. The first kappa shape index (κ1) is 14.2. The summed E-state index contributed by atoms with van der Waals surface area (Å²) in [6.45, 7) is -3.00. The van der Waals surface area contributed by atoms with Crippen LogP contribution >= 0.6 is 0 Å². The van der Waals surface area contributed by atoms with Crippen molar-refractivity contribution in [2.45, 2.75) is 6.61 Å². The Labute approximate surface area is 103 Å². The molecule has 0 heterocycles. The van der Waals surface area contributed by atoms with Gasteiger partial charge in [0.15, 0.2) is 0 Å². The Kier molecular flexibility index (Phi) is 5.31. The van der Waals surface area contributed by atoms with Crippen LogP contribution in [0.5, 0.6) is 5.75 Å². The smallest absolute Gasteiger partial charge is 0.387 e. The normalized spacial score (nSPS) is 10.3. The van der Waals surface area contributed by atoms with Gasteiger partial charge in [-0.1, -0.05) is 12.1 Å². The molecule has 1 aromatic carbocycles. The highest BCUT2D eigenvalue weighted by Gasteiger charge is 2.13. The first-order valence-electron chi connectivity index (χ1n) is 5.21. The number of para-hydroxylation sites is 2. The van der Waals surface area contributed by atoms with Gasteiger partial charge in [0, 0.05) is 13.6 Å². The summed E-state index contributed by atoms with van der Waals surface area (Å²) in [5.74, 6) is -0.113. The number of aliphatic hydroxyl groups excluding tert-OH is 1. The number of likely N-dealkylation sites (N-methyl/N-ethyl adjacent to an activating group) is 1. The van der Waals surface area contributed by atoms with Gasteiger partial charge in [-0.2, -0.15) is 8.78 Å². The molecule has 0 aliphatic rings. The summed E-state index contributed by atoms with van der Waals surface area (Å²) in [6, 6.07) is 5.36. The van der Waals surface area contributed by atoms with Crippen molar-refractivity contribution < 1.29 is 23.4 Å². The summed E-state index contributed by atoms with van der Waals surface area (Å²) >= 11 is 0. The van der Waals surface area contributed by atoms with Crippen LogP contribution in [-0.2, 0) is 0 Å². The van der Waals surface area contributed by atoms with E-state index in [0.717, 1.165) is 0 Å². The molecule has 0 bridgehead atoms. The number of nitrogens with one attached hydrogen (secondary N) is 1. The molecule has 2 amide bonds. The number of carbonyl (C=O) groups excluding carboxylic acids is 1. The van der Waals surface area contributed by atoms with Crippen molar-refractivity contribution in [3.63, 3.8) is 0 Å². The Bertz CT molecular complexity index is 402. The van der Waals surface area contributed by atoms with E-state index in [1.807, 2.05) is 0 Å². The molecule has 0 fully saturated rings. The predicted molar refractivity (Wildman–Crippen MR) is 61.8 cm³/mol. The molecule has 7 heteroatoms. The number of urea groups is 1. The SMILES string of the molecule is CN(CCO)C(=O)Nc1ccccc1OC(F)F. The fourth-order valence-corrected chi connectivity index (χ4v) is 1.23. The van der Waals surface area contributed by atoms with Crippen LogP contribution in [0.3, 0.4) is 0 Å². The Balaban J connectivity index is 2.74. The van der Waals surface area contributed by atoms with E-state index in [0.29, 0.717) is 0 Å². The number of benzene rings is 1. The average molecular weight is 260 g/mol. The maximum atomic E-state index is 12.1. The lowest BCUT2D eigenvalue weighted by Gasteiger charge is -2.18. The summed E-state index contributed by atoms with van der Waals surface area (Å²) in [4.78, 5) is 12.8. The van der Waals surface area contributed by atoms with Gasteiger partial charge < -0.3 is 20.1 Å². The molecule has 0 unspecified atom stereocenters. The highest BCUT2D eigenvalue weighted by atomic mass is 19.3. The standard InChI is InChI=1S/C11H14F2N2O3/c1-15(6-7-16)11(17)14-8-4-2-3-5-9(8)18-10(12)13/h2-5,10,16H,6-7H2,1H3,(H,14,17). The topological polar surface area (TPSA) is 61.8 Å². The third-order valence-corrected chi connectivity index (χ3v) is 2.13. The number of aliphatic hydroxyl groups is 1. The van der Waals surface area contributed by atoms with Crippen LogP contribution in [0.2, 0.25) is 0 Å². The molecular formula is C11H14F2N2O3. The molecule has 0 aromatic heterocycles. The van der Waals surface area contributed by atoms with Gasteiger partial charge in [0.1, 0.15) is 5.75 Å². The van der Waals surface area contributed by atoms with E-state index in [4.69, 9.17) is 5.11 Å². The number of hydrogen-bond donors (Lipinski definition) is 2. The molecular weight excluding hydrogens is 246 g/mol. The van der Waals surface area contributed by atoms with E-state index in [9.17, 15) is 13.6 Å². The number of alkyl halides is 2. The summed E-state index contributed by atoms with van der Waals surface area (Å²) in [5, 5.41) is 11.1. The second-order valence-corrected chi connectivity index (χ2v) is 3.45. The number of ether oxygens (including phenoxy) is 1. The average Bonchev–Trinajstić information content (AvgIpc) is 2.31. The fourth-order valence-electron chi connectivity index (χ4n) is 1.23. The zero-order chi connectivity index (χ0) is 13.5. The second kappa shape index (κ2) is 6.75. The zero-order valence-corrected chi connectivity index (χ0v) is 9.77. The molecule has 100 valence electrons. The van der Waals surface area contributed by atoms with Crippen LogP contribution in [0.1, 0.15) is 0 Å². The first-order chi connectivity index (χ1) is 8.54. The minimum Gasteiger partial charge on any atom is -0.433 e. The maximum Gasteiger partial charge on any atom is 0.387 e. The summed E-state index contributed by atoms with van der Waals surface area (Å²) < 4.78 is 28.5. The molecule has 2 N–H and O–H groups in total. The van der Waals surface area contributed by atoms with Gasteiger partial charge in [-0.25, -0.2) is 4.79 Å². The van der Waals surface area contributed by atoms with Crippen molar-refractivity contribution in [1.82, 2.24) is 4.90 Å².